The van der Waals surface area contributed by atoms with Crippen LogP contribution >= 0.6 is 23.2 Å². The lowest BCUT2D eigenvalue weighted by Crippen LogP contribution is -2.42. The van der Waals surface area contributed by atoms with Crippen molar-refractivity contribution in [2.45, 2.75) is 57.6 Å². The van der Waals surface area contributed by atoms with Gasteiger partial charge in [-0.25, -0.2) is 4.79 Å². The number of alkyl halides is 3. The van der Waals surface area contributed by atoms with Crippen LogP contribution in [0.2, 0.25) is 10.0 Å². The summed E-state index contributed by atoms with van der Waals surface area (Å²) >= 11 is 11.9. The lowest BCUT2D eigenvalue weighted by Gasteiger charge is -2.29. The molecule has 2 aromatic rings. The zero-order valence-corrected chi connectivity index (χ0v) is 23.1. The van der Waals surface area contributed by atoms with Gasteiger partial charge in [0.05, 0.1) is 11.8 Å². The average Bonchev–Trinajstić information content (AvgIpc) is 3.26. The van der Waals surface area contributed by atoms with Crippen molar-refractivity contribution >= 4 is 40.9 Å². The van der Waals surface area contributed by atoms with E-state index in [0.717, 1.165) is 12.1 Å². The third-order valence-corrected chi connectivity index (χ3v) is 6.13. The van der Waals surface area contributed by atoms with Gasteiger partial charge in [-0.15, -0.1) is 0 Å². The van der Waals surface area contributed by atoms with Crippen LogP contribution in [0.15, 0.2) is 41.6 Å². The molecule has 2 aromatic carbocycles. The molecule has 3 N–H and O–H groups in total. The minimum absolute atomic E-state index is 0.0233. The van der Waals surface area contributed by atoms with Crippen LogP contribution in [0.3, 0.4) is 0 Å². The summed E-state index contributed by atoms with van der Waals surface area (Å²) < 4.78 is 47.8. The number of benzene rings is 2. The third kappa shape index (κ3) is 7.55. The molecule has 0 saturated heterocycles. The minimum atomic E-state index is -4.83. The van der Waals surface area contributed by atoms with Gasteiger partial charge in [-0.1, -0.05) is 34.4 Å². The van der Waals surface area contributed by atoms with Gasteiger partial charge in [0, 0.05) is 40.7 Å². The van der Waals surface area contributed by atoms with Gasteiger partial charge in [-0.05, 0) is 69.2 Å². The monoisotopic (exact) mass is 589 g/mol. The first-order valence-corrected chi connectivity index (χ1v) is 12.6. The Balaban J connectivity index is 1.67. The minimum Gasteiger partial charge on any atom is -0.444 e. The Kier molecular flexibility index (Phi) is 9.09. The number of hydrogen-bond acceptors (Lipinski definition) is 6. The second-order valence-electron chi connectivity index (χ2n) is 10.1. The van der Waals surface area contributed by atoms with Crippen molar-refractivity contribution in [3.8, 4) is 0 Å². The summed E-state index contributed by atoms with van der Waals surface area (Å²) in [5.41, 5.74) is -2.67. The molecule has 0 saturated carbocycles. The Morgan fingerprint density at radius 2 is 1.72 bits per heavy atom. The average molecular weight is 590 g/mol. The SMILES string of the molecule is Cc1cc(C2=NOC(c3cc(Cl)cc(Cl)c3)(C(F)(F)F)C2)ccc1C(=O)NCC(O)CNC(=O)OC(C)(C)C. The standard InChI is InChI=1S/C26H28Cl2F3N3O5/c1-14-7-15(5-6-20(14)22(36)32-12-19(35)13-33-23(37)38-24(2,3)4)21-11-25(39-34-21,26(29,30)31)16-8-17(27)10-18(28)9-16/h5-10,19,35H,11-13H2,1-4H3,(H,32,36)(H,33,37). The number of hydrogen-bond donors (Lipinski definition) is 3. The summed E-state index contributed by atoms with van der Waals surface area (Å²) in [6.45, 7) is 6.41. The molecule has 0 aliphatic carbocycles. The van der Waals surface area contributed by atoms with Crippen molar-refractivity contribution in [3.63, 3.8) is 0 Å². The molecule has 0 radical (unpaired) electrons. The van der Waals surface area contributed by atoms with Crippen LogP contribution in [-0.2, 0) is 15.2 Å². The first-order valence-electron chi connectivity index (χ1n) is 11.8. The largest absolute Gasteiger partial charge is 0.444 e. The van der Waals surface area contributed by atoms with Crippen molar-refractivity contribution in [3.05, 3.63) is 68.7 Å². The van der Waals surface area contributed by atoms with E-state index in [1.54, 1.807) is 27.7 Å². The highest BCUT2D eigenvalue weighted by Crippen LogP contribution is 2.49. The number of amides is 2. The van der Waals surface area contributed by atoms with Gasteiger partial charge in [0.15, 0.2) is 0 Å². The maximum atomic E-state index is 14.2. The Morgan fingerprint density at radius 1 is 1.10 bits per heavy atom. The maximum Gasteiger partial charge on any atom is 0.435 e. The molecule has 0 bridgehead atoms. The Morgan fingerprint density at radius 3 is 2.28 bits per heavy atom. The Labute approximate surface area is 233 Å². The molecule has 0 aromatic heterocycles. The number of carbonyl (C=O) groups excluding carboxylic acids is 2. The highest BCUT2D eigenvalue weighted by molar-refractivity contribution is 6.34. The third-order valence-electron chi connectivity index (χ3n) is 5.70. The van der Waals surface area contributed by atoms with Gasteiger partial charge in [-0.3, -0.25) is 4.79 Å². The number of aliphatic hydroxyl groups is 1. The highest BCUT2D eigenvalue weighted by atomic mass is 35.5. The van der Waals surface area contributed by atoms with E-state index in [9.17, 15) is 27.9 Å². The zero-order valence-electron chi connectivity index (χ0n) is 21.6. The predicted molar refractivity (Wildman–Crippen MR) is 140 cm³/mol. The number of halogens is 5. The molecule has 13 heteroatoms. The Hall–Kier alpha value is -3.02. The Bertz CT molecular complexity index is 1260. The number of rotatable bonds is 7. The van der Waals surface area contributed by atoms with Gasteiger partial charge in [-0.2, -0.15) is 13.2 Å². The van der Waals surface area contributed by atoms with E-state index in [1.165, 1.54) is 24.3 Å². The van der Waals surface area contributed by atoms with E-state index < -0.39 is 41.9 Å². The van der Waals surface area contributed by atoms with Crippen LogP contribution in [0.5, 0.6) is 0 Å². The number of ether oxygens (including phenoxy) is 1. The first kappa shape index (κ1) is 30.5. The van der Waals surface area contributed by atoms with Crippen LogP contribution in [0.1, 0.15) is 54.2 Å². The molecule has 1 heterocycles. The maximum absolute atomic E-state index is 14.2. The van der Waals surface area contributed by atoms with Gasteiger partial charge >= 0.3 is 12.3 Å². The smallest absolute Gasteiger partial charge is 0.435 e. The number of nitrogens with one attached hydrogen (secondary N) is 2. The number of aryl methyl sites for hydroxylation is 1. The molecule has 2 atom stereocenters. The van der Waals surface area contributed by atoms with Crippen LogP contribution in [0, 0.1) is 6.92 Å². The molecule has 1 aliphatic rings. The van der Waals surface area contributed by atoms with Crippen molar-refractivity contribution in [2.75, 3.05) is 13.1 Å². The van der Waals surface area contributed by atoms with Crippen molar-refractivity contribution in [1.29, 1.82) is 0 Å². The van der Waals surface area contributed by atoms with E-state index in [0.29, 0.717) is 11.1 Å². The fourth-order valence-corrected chi connectivity index (χ4v) is 4.36. The molecule has 0 spiro atoms. The highest BCUT2D eigenvalue weighted by Gasteiger charge is 2.62. The van der Waals surface area contributed by atoms with E-state index in [1.807, 2.05) is 0 Å². The van der Waals surface area contributed by atoms with Crippen LogP contribution in [0.25, 0.3) is 0 Å². The molecule has 2 unspecified atom stereocenters. The molecule has 8 nitrogen and oxygen atoms in total. The summed E-state index contributed by atoms with van der Waals surface area (Å²) in [5.74, 6) is -0.516. The fraction of sp³-hybridized carbons (Fsp3) is 0.423. The van der Waals surface area contributed by atoms with Crippen molar-refractivity contribution < 1.29 is 37.4 Å². The summed E-state index contributed by atoms with van der Waals surface area (Å²) in [6, 6.07) is 8.01. The number of carbonyl (C=O) groups is 2. The lowest BCUT2D eigenvalue weighted by atomic mass is 9.86. The van der Waals surface area contributed by atoms with Gasteiger partial charge in [0.25, 0.3) is 11.5 Å². The summed E-state index contributed by atoms with van der Waals surface area (Å²) in [7, 11) is 0. The molecule has 2 amide bonds. The second-order valence-corrected chi connectivity index (χ2v) is 10.9. The number of nitrogens with zero attached hydrogens (tertiary/aromatic N) is 1. The molecule has 0 fully saturated rings. The van der Waals surface area contributed by atoms with Gasteiger partial charge < -0.3 is 25.3 Å². The van der Waals surface area contributed by atoms with E-state index >= 15 is 0 Å². The van der Waals surface area contributed by atoms with Crippen molar-refractivity contribution in [2.24, 2.45) is 5.16 Å². The molecule has 3 rings (SSSR count). The van der Waals surface area contributed by atoms with Crippen LogP contribution < -0.4 is 10.6 Å². The molecule has 212 valence electrons. The van der Waals surface area contributed by atoms with Crippen LogP contribution in [-0.4, -0.2) is 53.8 Å². The first-order chi connectivity index (χ1) is 18.0. The van der Waals surface area contributed by atoms with Crippen molar-refractivity contribution in [1.82, 2.24) is 10.6 Å². The number of aliphatic hydroxyl groups excluding tert-OH is 1. The number of oxime groups is 1. The quantitative estimate of drug-likeness (QED) is 0.395. The molecule has 1 aliphatic heterocycles. The van der Waals surface area contributed by atoms with Gasteiger partial charge in [0.1, 0.15) is 5.60 Å². The molecule has 39 heavy (non-hydrogen) atoms. The molecular weight excluding hydrogens is 562 g/mol. The number of alkyl carbamates (subject to hydrolysis) is 1. The predicted octanol–water partition coefficient (Wildman–Crippen LogP) is 5.50. The van der Waals surface area contributed by atoms with E-state index in [4.69, 9.17) is 32.8 Å². The molecular formula is C26H28Cl2F3N3O5. The lowest BCUT2D eigenvalue weighted by molar-refractivity contribution is -0.275. The summed E-state index contributed by atoms with van der Waals surface area (Å²) in [4.78, 5) is 29.4. The van der Waals surface area contributed by atoms with E-state index in [2.05, 4.69) is 15.8 Å². The zero-order chi connectivity index (χ0) is 29.2. The second kappa shape index (κ2) is 11.6. The summed E-state index contributed by atoms with van der Waals surface area (Å²) in [6.07, 6.45) is -7.25. The van der Waals surface area contributed by atoms with Gasteiger partial charge in [0.2, 0.25) is 0 Å². The fourth-order valence-electron chi connectivity index (χ4n) is 3.84. The van der Waals surface area contributed by atoms with E-state index in [-0.39, 0.29) is 40.0 Å². The topological polar surface area (TPSA) is 109 Å². The van der Waals surface area contributed by atoms with Crippen LogP contribution in [0.4, 0.5) is 18.0 Å². The summed E-state index contributed by atoms with van der Waals surface area (Å²) in [5, 5.41) is 18.8. The normalized spacial score (nSPS) is 18.2.